The van der Waals surface area contributed by atoms with Gasteiger partial charge in [-0.3, -0.25) is 4.79 Å². The topological polar surface area (TPSA) is 80.0 Å². The number of amides is 1. The van der Waals surface area contributed by atoms with Crippen LogP contribution in [0.5, 0.6) is 0 Å². The van der Waals surface area contributed by atoms with Crippen molar-refractivity contribution < 1.29 is 4.79 Å². The molecule has 0 saturated heterocycles. The van der Waals surface area contributed by atoms with Crippen LogP contribution in [0, 0.1) is 5.92 Å². The highest BCUT2D eigenvalue weighted by molar-refractivity contribution is 5.98. The van der Waals surface area contributed by atoms with Gasteiger partial charge in [0.15, 0.2) is 5.82 Å². The lowest BCUT2D eigenvalue weighted by Gasteiger charge is -2.07. The number of nitrogens with zero attached hydrogens (tertiary/aromatic N) is 1. The fourth-order valence-corrected chi connectivity index (χ4v) is 1.36. The number of carbonyl (C=O) groups excluding carboxylic acids is 1. The Labute approximate surface area is 88.0 Å². The third-order valence-corrected chi connectivity index (χ3v) is 2.44. The molecule has 0 unspecified atom stereocenters. The van der Waals surface area contributed by atoms with E-state index >= 15 is 0 Å². The molecule has 1 aromatic heterocycles. The minimum Gasteiger partial charge on any atom is -0.352 e. The van der Waals surface area contributed by atoms with Gasteiger partial charge in [0.05, 0.1) is 5.56 Å². The second-order valence-electron chi connectivity index (χ2n) is 3.70. The summed E-state index contributed by atoms with van der Waals surface area (Å²) in [6.45, 7) is 0.748. The minimum atomic E-state index is -0.122. The first-order chi connectivity index (χ1) is 7.31. The summed E-state index contributed by atoms with van der Waals surface area (Å²) in [5.41, 5.74) is 2.89. The maximum atomic E-state index is 11.7. The Morgan fingerprint density at radius 2 is 2.40 bits per heavy atom. The number of nitrogen functional groups attached to an aromatic ring is 1. The molecule has 4 N–H and O–H groups in total. The smallest absolute Gasteiger partial charge is 0.255 e. The molecule has 1 aromatic rings. The van der Waals surface area contributed by atoms with Crippen molar-refractivity contribution in [1.82, 2.24) is 10.3 Å². The van der Waals surface area contributed by atoms with Gasteiger partial charge in [0.2, 0.25) is 0 Å². The molecule has 1 heterocycles. The maximum absolute atomic E-state index is 11.7. The molecular weight excluding hydrogens is 192 g/mol. The van der Waals surface area contributed by atoms with Crippen LogP contribution in [0.4, 0.5) is 5.82 Å². The molecule has 15 heavy (non-hydrogen) atoms. The normalized spacial score (nSPS) is 14.7. The lowest BCUT2D eigenvalue weighted by molar-refractivity contribution is 0.0952. The highest BCUT2D eigenvalue weighted by Gasteiger charge is 2.22. The van der Waals surface area contributed by atoms with Gasteiger partial charge in [0.25, 0.3) is 5.91 Å². The fourth-order valence-electron chi connectivity index (χ4n) is 1.36. The molecule has 1 saturated carbocycles. The molecule has 80 valence electrons. The number of rotatable bonds is 4. The second-order valence-corrected chi connectivity index (χ2v) is 3.70. The first-order valence-corrected chi connectivity index (χ1v) is 5.01. The number of carbonyl (C=O) groups is 1. The van der Waals surface area contributed by atoms with E-state index in [0.29, 0.717) is 17.3 Å². The minimum absolute atomic E-state index is 0.122. The van der Waals surface area contributed by atoms with E-state index in [1.54, 1.807) is 18.3 Å². The van der Waals surface area contributed by atoms with Crippen LogP contribution in [0.25, 0.3) is 0 Å². The molecule has 1 aliphatic carbocycles. The molecule has 1 amide bonds. The van der Waals surface area contributed by atoms with E-state index in [1.807, 2.05) is 0 Å². The number of nitrogens with one attached hydrogen (secondary N) is 2. The van der Waals surface area contributed by atoms with Gasteiger partial charge < -0.3 is 10.7 Å². The van der Waals surface area contributed by atoms with Crippen molar-refractivity contribution in [2.24, 2.45) is 11.8 Å². The summed E-state index contributed by atoms with van der Waals surface area (Å²) in [6.07, 6.45) is 4.03. The summed E-state index contributed by atoms with van der Waals surface area (Å²) in [6, 6.07) is 3.41. The predicted molar refractivity (Wildman–Crippen MR) is 57.1 cm³/mol. The zero-order valence-corrected chi connectivity index (χ0v) is 8.36. The standard InChI is InChI=1S/C10H14N4O/c11-14-9-8(2-1-5-12-9)10(15)13-6-7-3-4-7/h1-2,5,7H,3-4,6,11H2,(H,12,14)(H,13,15). The monoisotopic (exact) mass is 206 g/mol. The Balaban J connectivity index is 2.02. The van der Waals surface area contributed by atoms with Crippen LogP contribution in [-0.4, -0.2) is 17.4 Å². The van der Waals surface area contributed by atoms with Crippen LogP contribution in [0.1, 0.15) is 23.2 Å². The molecule has 0 atom stereocenters. The van der Waals surface area contributed by atoms with E-state index in [-0.39, 0.29) is 5.91 Å². The van der Waals surface area contributed by atoms with Gasteiger partial charge >= 0.3 is 0 Å². The summed E-state index contributed by atoms with van der Waals surface area (Å²) in [7, 11) is 0. The summed E-state index contributed by atoms with van der Waals surface area (Å²) in [5, 5.41) is 2.86. The Bertz CT molecular complexity index is 362. The number of hydrogen-bond donors (Lipinski definition) is 3. The van der Waals surface area contributed by atoms with Crippen molar-refractivity contribution in [3.05, 3.63) is 23.9 Å². The van der Waals surface area contributed by atoms with Crippen molar-refractivity contribution in [2.75, 3.05) is 12.0 Å². The third-order valence-electron chi connectivity index (χ3n) is 2.44. The molecule has 0 bridgehead atoms. The van der Waals surface area contributed by atoms with Crippen LogP contribution < -0.4 is 16.6 Å². The average Bonchev–Trinajstić information content (AvgIpc) is 3.09. The summed E-state index contributed by atoms with van der Waals surface area (Å²) in [4.78, 5) is 15.7. The number of nitrogens with two attached hydrogens (primary N) is 1. The quantitative estimate of drug-likeness (QED) is 0.495. The lowest BCUT2D eigenvalue weighted by Crippen LogP contribution is -2.27. The van der Waals surface area contributed by atoms with E-state index in [1.165, 1.54) is 12.8 Å². The van der Waals surface area contributed by atoms with Crippen LogP contribution in [0.2, 0.25) is 0 Å². The van der Waals surface area contributed by atoms with Gasteiger partial charge in [-0.25, -0.2) is 10.8 Å². The first-order valence-electron chi connectivity index (χ1n) is 5.01. The lowest BCUT2D eigenvalue weighted by atomic mass is 10.2. The van der Waals surface area contributed by atoms with Gasteiger partial charge in [0.1, 0.15) is 0 Å². The first kappa shape index (κ1) is 9.92. The predicted octanol–water partition coefficient (Wildman–Crippen LogP) is 0.507. The number of aromatic nitrogens is 1. The van der Waals surface area contributed by atoms with Crippen LogP contribution in [0.15, 0.2) is 18.3 Å². The maximum Gasteiger partial charge on any atom is 0.255 e. The molecule has 0 aromatic carbocycles. The van der Waals surface area contributed by atoms with Crippen molar-refractivity contribution in [1.29, 1.82) is 0 Å². The van der Waals surface area contributed by atoms with Crippen LogP contribution in [-0.2, 0) is 0 Å². The summed E-state index contributed by atoms with van der Waals surface area (Å²) >= 11 is 0. The fraction of sp³-hybridized carbons (Fsp3) is 0.400. The number of anilines is 1. The number of hydrazine groups is 1. The molecule has 1 aliphatic rings. The molecule has 0 spiro atoms. The Kier molecular flexibility index (Phi) is 2.82. The second kappa shape index (κ2) is 4.27. The van der Waals surface area contributed by atoms with Gasteiger partial charge in [-0.15, -0.1) is 0 Å². The van der Waals surface area contributed by atoms with Crippen LogP contribution >= 0.6 is 0 Å². The van der Waals surface area contributed by atoms with E-state index in [2.05, 4.69) is 15.7 Å². The summed E-state index contributed by atoms with van der Waals surface area (Å²) in [5.74, 6) is 6.22. The zero-order valence-electron chi connectivity index (χ0n) is 8.36. The molecule has 0 radical (unpaired) electrons. The van der Waals surface area contributed by atoms with E-state index < -0.39 is 0 Å². The highest BCUT2D eigenvalue weighted by Crippen LogP contribution is 2.27. The van der Waals surface area contributed by atoms with Gasteiger partial charge in [-0.2, -0.15) is 0 Å². The van der Waals surface area contributed by atoms with E-state index in [4.69, 9.17) is 5.84 Å². The molecule has 5 heteroatoms. The Morgan fingerprint density at radius 1 is 1.60 bits per heavy atom. The zero-order chi connectivity index (χ0) is 10.7. The Morgan fingerprint density at radius 3 is 3.07 bits per heavy atom. The summed E-state index contributed by atoms with van der Waals surface area (Å²) < 4.78 is 0. The highest BCUT2D eigenvalue weighted by atomic mass is 16.1. The molecule has 0 aliphatic heterocycles. The van der Waals surface area contributed by atoms with Crippen molar-refractivity contribution in [3.63, 3.8) is 0 Å². The van der Waals surface area contributed by atoms with Crippen molar-refractivity contribution in [3.8, 4) is 0 Å². The van der Waals surface area contributed by atoms with Crippen molar-refractivity contribution in [2.45, 2.75) is 12.8 Å². The third kappa shape index (κ3) is 2.44. The van der Waals surface area contributed by atoms with E-state index in [0.717, 1.165) is 6.54 Å². The molecule has 2 rings (SSSR count). The van der Waals surface area contributed by atoms with Gasteiger partial charge in [-0.1, -0.05) is 0 Å². The molecule has 5 nitrogen and oxygen atoms in total. The van der Waals surface area contributed by atoms with E-state index in [9.17, 15) is 4.79 Å². The number of hydrogen-bond acceptors (Lipinski definition) is 4. The van der Waals surface area contributed by atoms with Gasteiger partial charge in [-0.05, 0) is 30.9 Å². The average molecular weight is 206 g/mol. The SMILES string of the molecule is NNc1ncccc1C(=O)NCC1CC1. The van der Waals surface area contributed by atoms with Gasteiger partial charge in [0, 0.05) is 12.7 Å². The number of pyridine rings is 1. The van der Waals surface area contributed by atoms with Crippen LogP contribution in [0.3, 0.4) is 0 Å². The molecule has 1 fully saturated rings. The largest absolute Gasteiger partial charge is 0.352 e. The van der Waals surface area contributed by atoms with Crippen molar-refractivity contribution >= 4 is 11.7 Å². The molecular formula is C10H14N4O. The Hall–Kier alpha value is -1.62.